The van der Waals surface area contributed by atoms with E-state index in [0.29, 0.717) is 25.8 Å². The number of hydrogen-bond donors (Lipinski definition) is 3. The summed E-state index contributed by atoms with van der Waals surface area (Å²) in [7, 11) is 0. The molecule has 0 unspecified atom stereocenters. The van der Waals surface area contributed by atoms with E-state index in [2.05, 4.69) is 10.6 Å². The molecule has 1 aromatic carbocycles. The van der Waals surface area contributed by atoms with E-state index >= 15 is 0 Å². The molecular weight excluding hydrogens is 312 g/mol. The number of unbranched alkanes of at least 4 members (excludes halogenated alkanes) is 1. The number of ether oxygens (including phenoxy) is 1. The molecule has 1 aromatic rings. The van der Waals surface area contributed by atoms with Gasteiger partial charge < -0.3 is 20.5 Å². The van der Waals surface area contributed by atoms with Crippen LogP contribution < -0.4 is 10.6 Å². The van der Waals surface area contributed by atoms with Crippen LogP contribution in [0.3, 0.4) is 0 Å². The first-order valence-electron chi connectivity index (χ1n) is 7.99. The number of alkyl carbamates (subject to hydrolysis) is 1. The van der Waals surface area contributed by atoms with Crippen molar-refractivity contribution in [2.45, 2.75) is 45.3 Å². The molecule has 0 radical (unpaired) electrons. The number of aliphatic carboxylic acids is 1. The highest BCUT2D eigenvalue weighted by Crippen LogP contribution is 2.04. The Morgan fingerprint density at radius 3 is 2.50 bits per heavy atom. The van der Waals surface area contributed by atoms with Crippen LogP contribution in [0.25, 0.3) is 0 Å². The quantitative estimate of drug-likeness (QED) is 0.567. The molecule has 0 heterocycles. The summed E-state index contributed by atoms with van der Waals surface area (Å²) in [5.41, 5.74) is 0.825. The summed E-state index contributed by atoms with van der Waals surface area (Å²) in [6.07, 6.45) is 1.16. The molecule has 0 saturated heterocycles. The molecule has 0 aliphatic rings. The smallest absolute Gasteiger partial charge is 0.408 e. The normalized spacial score (nSPS) is 11.4. The van der Waals surface area contributed by atoms with Crippen molar-refractivity contribution in [3.8, 4) is 0 Å². The van der Waals surface area contributed by atoms with Crippen molar-refractivity contribution in [1.82, 2.24) is 10.6 Å². The Morgan fingerprint density at radius 1 is 1.17 bits per heavy atom. The van der Waals surface area contributed by atoms with Gasteiger partial charge in [-0.3, -0.25) is 4.79 Å². The topological polar surface area (TPSA) is 105 Å². The number of carboxylic acid groups (broad SMARTS) is 1. The van der Waals surface area contributed by atoms with Crippen LogP contribution in [0.2, 0.25) is 0 Å². The first kappa shape index (κ1) is 19.5. The highest BCUT2D eigenvalue weighted by Gasteiger charge is 2.20. The van der Waals surface area contributed by atoms with E-state index in [1.807, 2.05) is 30.3 Å². The first-order valence-corrected chi connectivity index (χ1v) is 7.99. The van der Waals surface area contributed by atoms with Crippen LogP contribution in [0.15, 0.2) is 30.3 Å². The van der Waals surface area contributed by atoms with E-state index in [1.54, 1.807) is 6.92 Å². The van der Waals surface area contributed by atoms with E-state index in [-0.39, 0.29) is 18.9 Å². The maximum Gasteiger partial charge on any atom is 0.408 e. The van der Waals surface area contributed by atoms with Crippen molar-refractivity contribution in [1.29, 1.82) is 0 Å². The van der Waals surface area contributed by atoms with Gasteiger partial charge in [-0.05, 0) is 24.8 Å². The van der Waals surface area contributed by atoms with Gasteiger partial charge in [0.15, 0.2) is 0 Å². The second kappa shape index (κ2) is 11.0. The molecule has 0 aliphatic heterocycles. The fourth-order valence-corrected chi connectivity index (χ4v) is 1.99. The third-order valence-corrected chi connectivity index (χ3v) is 3.37. The largest absolute Gasteiger partial charge is 0.480 e. The number of amides is 2. The summed E-state index contributed by atoms with van der Waals surface area (Å²) >= 11 is 0. The highest BCUT2D eigenvalue weighted by atomic mass is 16.5. The zero-order valence-corrected chi connectivity index (χ0v) is 13.8. The number of rotatable bonds is 10. The molecule has 0 aliphatic carbocycles. The minimum absolute atomic E-state index is 0.0348. The van der Waals surface area contributed by atoms with E-state index in [4.69, 9.17) is 9.84 Å². The van der Waals surface area contributed by atoms with Gasteiger partial charge in [0.25, 0.3) is 0 Å². The van der Waals surface area contributed by atoms with Gasteiger partial charge in [0.1, 0.15) is 12.6 Å². The van der Waals surface area contributed by atoms with Crippen LogP contribution in [0.1, 0.15) is 38.2 Å². The van der Waals surface area contributed by atoms with Crippen molar-refractivity contribution in [2.75, 3.05) is 6.54 Å². The minimum atomic E-state index is -1.11. The Kier molecular flexibility index (Phi) is 8.96. The maximum atomic E-state index is 11.7. The lowest BCUT2D eigenvalue weighted by atomic mass is 10.1. The molecule has 7 heteroatoms. The summed E-state index contributed by atoms with van der Waals surface area (Å²) in [6.45, 7) is 2.35. The second-order valence-corrected chi connectivity index (χ2v) is 5.30. The van der Waals surface area contributed by atoms with Crippen LogP contribution in [-0.4, -0.2) is 35.7 Å². The van der Waals surface area contributed by atoms with Gasteiger partial charge in [0, 0.05) is 13.0 Å². The second-order valence-electron chi connectivity index (χ2n) is 5.30. The standard InChI is InChI=1S/C17H24N2O5/c1-2-15(20)18-11-7-6-10-14(16(21)22)19-17(23)24-12-13-8-4-3-5-9-13/h3-5,8-9,14H,2,6-7,10-12H2,1H3,(H,18,20)(H,19,23)(H,21,22)/t14-/m0/s1. The molecule has 0 spiro atoms. The Labute approximate surface area is 141 Å². The lowest BCUT2D eigenvalue weighted by molar-refractivity contribution is -0.139. The van der Waals surface area contributed by atoms with E-state index in [9.17, 15) is 14.4 Å². The van der Waals surface area contributed by atoms with Crippen LogP contribution in [0, 0.1) is 0 Å². The predicted molar refractivity (Wildman–Crippen MR) is 88.3 cm³/mol. The van der Waals surface area contributed by atoms with E-state index < -0.39 is 18.1 Å². The molecule has 132 valence electrons. The summed E-state index contributed by atoms with van der Waals surface area (Å²) < 4.78 is 5.01. The number of carboxylic acids is 1. The van der Waals surface area contributed by atoms with Crippen molar-refractivity contribution in [3.05, 3.63) is 35.9 Å². The number of nitrogens with one attached hydrogen (secondary N) is 2. The SMILES string of the molecule is CCC(=O)NCCCC[C@H](NC(=O)OCc1ccccc1)C(=O)O. The van der Waals surface area contributed by atoms with Gasteiger partial charge in [-0.2, -0.15) is 0 Å². The van der Waals surface area contributed by atoms with Crippen molar-refractivity contribution >= 4 is 18.0 Å². The van der Waals surface area contributed by atoms with Crippen molar-refractivity contribution < 1.29 is 24.2 Å². The highest BCUT2D eigenvalue weighted by molar-refractivity contribution is 5.79. The molecule has 1 atom stereocenters. The predicted octanol–water partition coefficient (Wildman–Crippen LogP) is 2.06. The summed E-state index contributed by atoms with van der Waals surface area (Å²) in [6, 6.07) is 8.13. The Hall–Kier alpha value is -2.57. The molecule has 7 nitrogen and oxygen atoms in total. The van der Waals surface area contributed by atoms with Crippen molar-refractivity contribution in [2.24, 2.45) is 0 Å². The Balaban J connectivity index is 2.27. The zero-order valence-electron chi connectivity index (χ0n) is 13.8. The average Bonchev–Trinajstić information content (AvgIpc) is 2.59. The van der Waals surface area contributed by atoms with Crippen LogP contribution in [0.4, 0.5) is 4.79 Å². The fourth-order valence-electron chi connectivity index (χ4n) is 1.99. The lowest BCUT2D eigenvalue weighted by Gasteiger charge is -2.14. The molecule has 3 N–H and O–H groups in total. The van der Waals surface area contributed by atoms with Crippen LogP contribution in [0.5, 0.6) is 0 Å². The van der Waals surface area contributed by atoms with Gasteiger partial charge in [0.05, 0.1) is 0 Å². The minimum Gasteiger partial charge on any atom is -0.480 e. The molecule has 0 bridgehead atoms. The Morgan fingerprint density at radius 2 is 1.88 bits per heavy atom. The van der Waals surface area contributed by atoms with Gasteiger partial charge >= 0.3 is 12.1 Å². The van der Waals surface area contributed by atoms with Gasteiger partial charge in [-0.25, -0.2) is 9.59 Å². The average molecular weight is 336 g/mol. The first-order chi connectivity index (χ1) is 11.5. The van der Waals surface area contributed by atoms with Gasteiger partial charge in [-0.15, -0.1) is 0 Å². The molecule has 0 fully saturated rings. The number of carbonyl (C=O) groups is 3. The van der Waals surface area contributed by atoms with Crippen LogP contribution >= 0.6 is 0 Å². The summed E-state index contributed by atoms with van der Waals surface area (Å²) in [4.78, 5) is 34.0. The maximum absolute atomic E-state index is 11.7. The molecule has 0 saturated carbocycles. The number of benzene rings is 1. The molecule has 24 heavy (non-hydrogen) atoms. The molecule has 2 amide bonds. The van der Waals surface area contributed by atoms with Gasteiger partial charge in [0.2, 0.25) is 5.91 Å². The fraction of sp³-hybridized carbons (Fsp3) is 0.471. The number of hydrogen-bond acceptors (Lipinski definition) is 4. The third kappa shape index (κ3) is 8.17. The molecular formula is C17H24N2O5. The number of carbonyl (C=O) groups excluding carboxylic acids is 2. The van der Waals surface area contributed by atoms with Crippen LogP contribution in [-0.2, 0) is 20.9 Å². The van der Waals surface area contributed by atoms with E-state index in [0.717, 1.165) is 5.56 Å². The monoisotopic (exact) mass is 336 g/mol. The summed E-state index contributed by atoms with van der Waals surface area (Å²) in [5, 5.41) is 14.2. The molecule has 0 aromatic heterocycles. The Bertz CT molecular complexity index is 533. The van der Waals surface area contributed by atoms with E-state index in [1.165, 1.54) is 0 Å². The summed E-state index contributed by atoms with van der Waals surface area (Å²) in [5.74, 6) is -1.14. The van der Waals surface area contributed by atoms with Gasteiger partial charge in [-0.1, -0.05) is 37.3 Å². The van der Waals surface area contributed by atoms with Crippen molar-refractivity contribution in [3.63, 3.8) is 0 Å². The third-order valence-electron chi connectivity index (χ3n) is 3.37. The lowest BCUT2D eigenvalue weighted by Crippen LogP contribution is -2.41. The molecule has 1 rings (SSSR count). The zero-order chi connectivity index (χ0) is 17.8.